The molecule has 22 heavy (non-hydrogen) atoms. The highest BCUT2D eigenvalue weighted by atomic mass is 35.5. The molecule has 4 aromatic rings. The van der Waals surface area contributed by atoms with Crippen LogP contribution >= 0.6 is 11.6 Å². The topological polar surface area (TPSA) is 38.9 Å². The molecule has 2 aromatic heterocycles. The highest BCUT2D eigenvalue weighted by Gasteiger charge is 2.17. The Labute approximate surface area is 132 Å². The first-order chi connectivity index (χ1) is 10.8. The molecule has 2 heterocycles. The van der Waals surface area contributed by atoms with Crippen molar-refractivity contribution in [1.29, 1.82) is 0 Å². The third-order valence-electron chi connectivity index (χ3n) is 3.83. The van der Waals surface area contributed by atoms with Crippen LogP contribution in [0.1, 0.15) is 12.6 Å². The Morgan fingerprint density at radius 3 is 2.59 bits per heavy atom. The molecular formula is C18H13ClN2O. The van der Waals surface area contributed by atoms with E-state index in [1.54, 1.807) is 0 Å². The van der Waals surface area contributed by atoms with E-state index in [0.29, 0.717) is 5.02 Å². The van der Waals surface area contributed by atoms with Crippen molar-refractivity contribution in [1.82, 2.24) is 10.1 Å². The fraction of sp³-hybridized carbons (Fsp3) is 0.111. The molecule has 3 nitrogen and oxygen atoms in total. The summed E-state index contributed by atoms with van der Waals surface area (Å²) in [7, 11) is 0. The molecule has 0 spiro atoms. The number of aromatic nitrogens is 2. The molecule has 0 saturated carbocycles. The van der Waals surface area contributed by atoms with Crippen LogP contribution in [0, 0.1) is 0 Å². The van der Waals surface area contributed by atoms with Crippen LogP contribution in [0.3, 0.4) is 0 Å². The summed E-state index contributed by atoms with van der Waals surface area (Å²) >= 11 is 6.00. The van der Waals surface area contributed by atoms with Crippen molar-refractivity contribution in [2.24, 2.45) is 0 Å². The van der Waals surface area contributed by atoms with Gasteiger partial charge in [-0.25, -0.2) is 4.98 Å². The minimum Gasteiger partial charge on any atom is -0.355 e. The van der Waals surface area contributed by atoms with Gasteiger partial charge in [-0.2, -0.15) is 0 Å². The highest BCUT2D eigenvalue weighted by Crippen LogP contribution is 2.35. The van der Waals surface area contributed by atoms with Gasteiger partial charge in [-0.1, -0.05) is 47.9 Å². The SMILES string of the molecule is CCc1noc2c1c(-c1ccc(Cl)cc1)nc1ccccc12. The maximum atomic E-state index is 6.00. The monoisotopic (exact) mass is 308 g/mol. The second-order valence-corrected chi connectivity index (χ2v) is 5.61. The molecule has 0 aliphatic rings. The number of para-hydroxylation sites is 1. The average Bonchev–Trinajstić information content (AvgIpc) is 2.99. The first-order valence-corrected chi connectivity index (χ1v) is 7.58. The molecule has 0 aliphatic carbocycles. The van der Waals surface area contributed by atoms with Gasteiger partial charge in [0.05, 0.1) is 22.3 Å². The van der Waals surface area contributed by atoms with Crippen LogP contribution in [-0.2, 0) is 6.42 Å². The van der Waals surface area contributed by atoms with Crippen LogP contribution < -0.4 is 0 Å². The lowest BCUT2D eigenvalue weighted by Crippen LogP contribution is -1.90. The van der Waals surface area contributed by atoms with Gasteiger partial charge in [-0.15, -0.1) is 0 Å². The van der Waals surface area contributed by atoms with Gasteiger partial charge in [0.1, 0.15) is 0 Å². The lowest BCUT2D eigenvalue weighted by atomic mass is 10.0. The fourth-order valence-corrected chi connectivity index (χ4v) is 2.87. The second kappa shape index (κ2) is 5.11. The van der Waals surface area contributed by atoms with Gasteiger partial charge in [-0.05, 0) is 30.7 Å². The Morgan fingerprint density at radius 1 is 1.05 bits per heavy atom. The molecule has 0 aliphatic heterocycles. The number of hydrogen-bond donors (Lipinski definition) is 0. The van der Waals surface area contributed by atoms with Crippen molar-refractivity contribution < 1.29 is 4.52 Å². The summed E-state index contributed by atoms with van der Waals surface area (Å²) in [5.74, 6) is 0. The Hall–Kier alpha value is -2.39. The molecule has 0 unspecified atom stereocenters. The van der Waals surface area contributed by atoms with E-state index in [1.165, 1.54) is 0 Å². The van der Waals surface area contributed by atoms with Gasteiger partial charge >= 0.3 is 0 Å². The van der Waals surface area contributed by atoms with Crippen molar-refractivity contribution in [3.05, 3.63) is 59.2 Å². The van der Waals surface area contributed by atoms with Crippen LogP contribution in [0.15, 0.2) is 53.1 Å². The number of aryl methyl sites for hydroxylation is 1. The number of hydrogen-bond acceptors (Lipinski definition) is 3. The van der Waals surface area contributed by atoms with E-state index in [2.05, 4.69) is 12.1 Å². The zero-order chi connectivity index (χ0) is 15.1. The standard InChI is InChI=1S/C18H13ClN2O/c1-2-14-16-17(11-7-9-12(19)10-8-11)20-15-6-4-3-5-13(15)18(16)22-21-14/h3-10H,2H2,1H3. The summed E-state index contributed by atoms with van der Waals surface area (Å²) in [5.41, 5.74) is 4.53. The zero-order valence-electron chi connectivity index (χ0n) is 12.0. The Balaban J connectivity index is 2.14. The number of pyridine rings is 1. The van der Waals surface area contributed by atoms with Gasteiger partial charge in [0.15, 0.2) is 5.58 Å². The Morgan fingerprint density at radius 2 is 1.82 bits per heavy atom. The first-order valence-electron chi connectivity index (χ1n) is 7.21. The van der Waals surface area contributed by atoms with E-state index < -0.39 is 0 Å². The van der Waals surface area contributed by atoms with E-state index >= 15 is 0 Å². The molecule has 0 amide bonds. The van der Waals surface area contributed by atoms with Gasteiger partial charge < -0.3 is 4.52 Å². The molecule has 0 atom stereocenters. The van der Waals surface area contributed by atoms with Gasteiger partial charge in [0.25, 0.3) is 0 Å². The molecule has 0 N–H and O–H groups in total. The summed E-state index contributed by atoms with van der Waals surface area (Å²) in [5, 5.41) is 6.91. The molecule has 0 saturated heterocycles. The number of halogens is 1. The molecule has 108 valence electrons. The van der Waals surface area contributed by atoms with E-state index in [1.807, 2.05) is 48.5 Å². The first kappa shape index (κ1) is 13.3. The average molecular weight is 309 g/mol. The third kappa shape index (κ3) is 1.97. The van der Waals surface area contributed by atoms with Crippen LogP contribution in [0.25, 0.3) is 33.1 Å². The summed E-state index contributed by atoms with van der Waals surface area (Å²) in [6.07, 6.45) is 0.799. The van der Waals surface area contributed by atoms with Gasteiger partial charge in [-0.3, -0.25) is 0 Å². The molecule has 0 fully saturated rings. The van der Waals surface area contributed by atoms with Gasteiger partial charge in [0.2, 0.25) is 0 Å². The number of rotatable bonds is 2. The molecule has 0 radical (unpaired) electrons. The molecule has 0 bridgehead atoms. The molecule has 2 aromatic carbocycles. The minimum atomic E-state index is 0.710. The van der Waals surface area contributed by atoms with E-state index in [-0.39, 0.29) is 0 Å². The largest absolute Gasteiger partial charge is 0.355 e. The summed E-state index contributed by atoms with van der Waals surface area (Å²) in [6.45, 7) is 2.07. The number of nitrogens with zero attached hydrogens (tertiary/aromatic N) is 2. The van der Waals surface area contributed by atoms with E-state index in [0.717, 1.165) is 45.2 Å². The summed E-state index contributed by atoms with van der Waals surface area (Å²) in [4.78, 5) is 4.84. The number of fused-ring (bicyclic) bond motifs is 3. The molecular weight excluding hydrogens is 296 g/mol. The van der Waals surface area contributed by atoms with E-state index in [4.69, 9.17) is 21.1 Å². The third-order valence-corrected chi connectivity index (χ3v) is 4.09. The van der Waals surface area contributed by atoms with Crippen molar-refractivity contribution in [2.75, 3.05) is 0 Å². The Bertz CT molecular complexity index is 974. The van der Waals surface area contributed by atoms with Gasteiger partial charge in [0, 0.05) is 16.0 Å². The molecule has 4 rings (SSSR count). The van der Waals surface area contributed by atoms with Crippen molar-refractivity contribution in [2.45, 2.75) is 13.3 Å². The Kier molecular flexibility index (Phi) is 3.09. The summed E-state index contributed by atoms with van der Waals surface area (Å²) in [6, 6.07) is 15.7. The predicted molar refractivity (Wildman–Crippen MR) is 89.1 cm³/mol. The number of benzene rings is 2. The lowest BCUT2D eigenvalue weighted by molar-refractivity contribution is 0.449. The normalized spacial score (nSPS) is 11.4. The van der Waals surface area contributed by atoms with Crippen molar-refractivity contribution >= 4 is 33.5 Å². The van der Waals surface area contributed by atoms with Crippen LogP contribution in [0.2, 0.25) is 5.02 Å². The summed E-state index contributed by atoms with van der Waals surface area (Å²) < 4.78 is 5.62. The quantitative estimate of drug-likeness (QED) is 0.507. The van der Waals surface area contributed by atoms with Crippen molar-refractivity contribution in [3.8, 4) is 11.3 Å². The second-order valence-electron chi connectivity index (χ2n) is 5.17. The highest BCUT2D eigenvalue weighted by molar-refractivity contribution is 6.30. The lowest BCUT2D eigenvalue weighted by Gasteiger charge is -2.06. The van der Waals surface area contributed by atoms with Crippen LogP contribution in [0.5, 0.6) is 0 Å². The fourth-order valence-electron chi connectivity index (χ4n) is 2.75. The van der Waals surface area contributed by atoms with Crippen LogP contribution in [-0.4, -0.2) is 10.1 Å². The van der Waals surface area contributed by atoms with Crippen molar-refractivity contribution in [3.63, 3.8) is 0 Å². The smallest absolute Gasteiger partial charge is 0.178 e. The van der Waals surface area contributed by atoms with E-state index in [9.17, 15) is 0 Å². The predicted octanol–water partition coefficient (Wildman–Crippen LogP) is 5.26. The zero-order valence-corrected chi connectivity index (χ0v) is 12.8. The maximum absolute atomic E-state index is 6.00. The van der Waals surface area contributed by atoms with Crippen LogP contribution in [0.4, 0.5) is 0 Å². The minimum absolute atomic E-state index is 0.710. The molecule has 4 heteroatoms. The maximum Gasteiger partial charge on any atom is 0.178 e.